The summed E-state index contributed by atoms with van der Waals surface area (Å²) in [6.07, 6.45) is 1.46. The van der Waals surface area contributed by atoms with Crippen LogP contribution in [0.5, 0.6) is 5.75 Å². The molecule has 1 aliphatic rings. The molecule has 1 aromatic heterocycles. The third-order valence-corrected chi connectivity index (χ3v) is 5.38. The Balaban J connectivity index is 1.45. The quantitative estimate of drug-likeness (QED) is 0.613. The number of hydrogen-bond donors (Lipinski definition) is 2. The number of benzene rings is 2. The normalized spacial score (nSPS) is 14.5. The van der Waals surface area contributed by atoms with E-state index < -0.39 is 5.91 Å². The van der Waals surface area contributed by atoms with Crippen LogP contribution in [0.4, 0.5) is 0 Å². The molecule has 162 valence electrons. The van der Waals surface area contributed by atoms with Crippen LogP contribution in [0.3, 0.4) is 0 Å². The molecule has 2 N–H and O–H groups in total. The van der Waals surface area contributed by atoms with Gasteiger partial charge >= 0.3 is 0 Å². The minimum absolute atomic E-state index is 0.0885. The van der Waals surface area contributed by atoms with Gasteiger partial charge in [-0.1, -0.05) is 30.3 Å². The van der Waals surface area contributed by atoms with Crippen molar-refractivity contribution in [2.75, 3.05) is 32.9 Å². The second kappa shape index (κ2) is 9.76. The summed E-state index contributed by atoms with van der Waals surface area (Å²) in [5.41, 5.74) is 2.57. The molecule has 0 spiro atoms. The van der Waals surface area contributed by atoms with Crippen molar-refractivity contribution in [3.05, 3.63) is 75.6 Å². The Hall–Kier alpha value is -3.16. The number of para-hydroxylation sites is 1. The second-order valence-corrected chi connectivity index (χ2v) is 7.53. The van der Waals surface area contributed by atoms with E-state index in [4.69, 9.17) is 9.47 Å². The van der Waals surface area contributed by atoms with Gasteiger partial charge in [0, 0.05) is 32.4 Å². The van der Waals surface area contributed by atoms with E-state index in [0.29, 0.717) is 29.8 Å². The molecule has 0 aliphatic carbocycles. The first-order valence-electron chi connectivity index (χ1n) is 10.6. The number of nitrogens with zero attached hydrogens (tertiary/aromatic N) is 1. The highest BCUT2D eigenvalue weighted by atomic mass is 16.5. The smallest absolute Gasteiger partial charge is 0.257 e. The third-order valence-electron chi connectivity index (χ3n) is 5.38. The maximum atomic E-state index is 12.9. The molecule has 4 rings (SSSR count). The zero-order valence-electron chi connectivity index (χ0n) is 17.6. The summed E-state index contributed by atoms with van der Waals surface area (Å²) in [4.78, 5) is 31.0. The standard InChI is InChI=1S/C24H27N3O4/c1-2-31-21-8-4-7-19-22(21)25-15-20(23(19)28)24(29)26-14-17-5-3-6-18(13-17)16-27-9-11-30-12-10-27/h3-8,13,15H,2,9-12,14,16H2,1H3,(H,25,28)(H,26,29). The molecule has 0 saturated carbocycles. The average molecular weight is 421 g/mol. The van der Waals surface area contributed by atoms with Gasteiger partial charge in [0.2, 0.25) is 5.43 Å². The van der Waals surface area contributed by atoms with Gasteiger partial charge in [0.1, 0.15) is 11.3 Å². The predicted octanol–water partition coefficient (Wildman–Crippen LogP) is 2.69. The maximum Gasteiger partial charge on any atom is 0.257 e. The molecular formula is C24H27N3O4. The van der Waals surface area contributed by atoms with E-state index in [0.717, 1.165) is 38.4 Å². The lowest BCUT2D eigenvalue weighted by Gasteiger charge is -2.26. The number of aromatic amines is 1. The van der Waals surface area contributed by atoms with Gasteiger partial charge in [0.15, 0.2) is 0 Å². The van der Waals surface area contributed by atoms with Crippen molar-refractivity contribution in [3.63, 3.8) is 0 Å². The monoisotopic (exact) mass is 421 g/mol. The van der Waals surface area contributed by atoms with Crippen molar-refractivity contribution in [1.29, 1.82) is 0 Å². The zero-order valence-corrected chi connectivity index (χ0v) is 17.6. The van der Waals surface area contributed by atoms with E-state index in [2.05, 4.69) is 27.3 Å². The fourth-order valence-electron chi connectivity index (χ4n) is 3.80. The van der Waals surface area contributed by atoms with Crippen LogP contribution in [0.1, 0.15) is 28.4 Å². The molecular weight excluding hydrogens is 394 g/mol. The van der Waals surface area contributed by atoms with E-state index in [1.165, 1.54) is 11.8 Å². The highest BCUT2D eigenvalue weighted by Gasteiger charge is 2.15. The Kier molecular flexibility index (Phi) is 6.64. The van der Waals surface area contributed by atoms with Gasteiger partial charge < -0.3 is 19.8 Å². The van der Waals surface area contributed by atoms with Crippen LogP contribution in [0.2, 0.25) is 0 Å². The number of carbonyl (C=O) groups excluding carboxylic acids is 1. The SMILES string of the molecule is CCOc1cccc2c(=O)c(C(=O)NCc3cccc(CN4CCOCC4)c3)c[nH]c12. The lowest BCUT2D eigenvalue weighted by molar-refractivity contribution is 0.0342. The molecule has 2 heterocycles. The number of morpholine rings is 1. The lowest BCUT2D eigenvalue weighted by Crippen LogP contribution is -2.35. The largest absolute Gasteiger partial charge is 0.492 e. The predicted molar refractivity (Wildman–Crippen MR) is 119 cm³/mol. The minimum atomic E-state index is -0.399. The Morgan fingerprint density at radius 1 is 1.16 bits per heavy atom. The van der Waals surface area contributed by atoms with E-state index >= 15 is 0 Å². The van der Waals surface area contributed by atoms with Crippen molar-refractivity contribution in [1.82, 2.24) is 15.2 Å². The lowest BCUT2D eigenvalue weighted by atomic mass is 10.1. The number of ether oxygens (including phenoxy) is 2. The molecule has 0 unspecified atom stereocenters. The molecule has 2 aromatic carbocycles. The van der Waals surface area contributed by atoms with Crippen LogP contribution in [0.15, 0.2) is 53.5 Å². The van der Waals surface area contributed by atoms with Crippen LogP contribution < -0.4 is 15.5 Å². The summed E-state index contributed by atoms with van der Waals surface area (Å²) in [7, 11) is 0. The van der Waals surface area contributed by atoms with Gasteiger partial charge in [-0.05, 0) is 30.2 Å². The van der Waals surface area contributed by atoms with Gasteiger partial charge in [-0.3, -0.25) is 14.5 Å². The van der Waals surface area contributed by atoms with E-state index in [-0.39, 0.29) is 11.0 Å². The van der Waals surface area contributed by atoms with Crippen LogP contribution in [-0.2, 0) is 17.8 Å². The number of amides is 1. The van der Waals surface area contributed by atoms with Gasteiger partial charge in [-0.2, -0.15) is 0 Å². The Morgan fingerprint density at radius 2 is 1.94 bits per heavy atom. The highest BCUT2D eigenvalue weighted by Crippen LogP contribution is 2.21. The summed E-state index contributed by atoms with van der Waals surface area (Å²) >= 11 is 0. The molecule has 7 nitrogen and oxygen atoms in total. The molecule has 31 heavy (non-hydrogen) atoms. The number of hydrogen-bond acceptors (Lipinski definition) is 5. The van der Waals surface area contributed by atoms with Crippen molar-refractivity contribution >= 4 is 16.8 Å². The fraction of sp³-hybridized carbons (Fsp3) is 0.333. The van der Waals surface area contributed by atoms with Gasteiger partial charge in [0.05, 0.1) is 30.7 Å². The van der Waals surface area contributed by atoms with E-state index in [9.17, 15) is 9.59 Å². The summed E-state index contributed by atoms with van der Waals surface area (Å²) in [6.45, 7) is 6.98. The van der Waals surface area contributed by atoms with E-state index in [1.54, 1.807) is 18.2 Å². The number of fused-ring (bicyclic) bond motifs is 1. The molecule has 1 fully saturated rings. The molecule has 3 aromatic rings. The number of rotatable bonds is 7. The fourth-order valence-corrected chi connectivity index (χ4v) is 3.80. The number of pyridine rings is 1. The van der Waals surface area contributed by atoms with Crippen LogP contribution in [-0.4, -0.2) is 48.7 Å². The van der Waals surface area contributed by atoms with Gasteiger partial charge in [-0.25, -0.2) is 0 Å². The Labute approximate surface area is 181 Å². The Morgan fingerprint density at radius 3 is 2.74 bits per heavy atom. The number of nitrogens with one attached hydrogen (secondary N) is 2. The van der Waals surface area contributed by atoms with Crippen molar-refractivity contribution < 1.29 is 14.3 Å². The number of H-pyrrole nitrogens is 1. The first-order chi connectivity index (χ1) is 15.2. The number of aromatic nitrogens is 1. The van der Waals surface area contributed by atoms with Crippen molar-refractivity contribution in [3.8, 4) is 5.75 Å². The average Bonchev–Trinajstić information content (AvgIpc) is 2.79. The summed E-state index contributed by atoms with van der Waals surface area (Å²) in [5.74, 6) is 0.199. The number of carbonyl (C=O) groups is 1. The zero-order chi connectivity index (χ0) is 21.6. The molecule has 1 saturated heterocycles. The summed E-state index contributed by atoms with van der Waals surface area (Å²) in [6, 6.07) is 13.4. The van der Waals surface area contributed by atoms with Gasteiger partial charge in [0.25, 0.3) is 5.91 Å². The van der Waals surface area contributed by atoms with Crippen molar-refractivity contribution in [2.45, 2.75) is 20.0 Å². The third kappa shape index (κ3) is 4.95. The highest BCUT2D eigenvalue weighted by molar-refractivity contribution is 5.97. The minimum Gasteiger partial charge on any atom is -0.492 e. The van der Waals surface area contributed by atoms with Crippen molar-refractivity contribution in [2.24, 2.45) is 0 Å². The first kappa shape index (κ1) is 21.1. The van der Waals surface area contributed by atoms with Gasteiger partial charge in [-0.15, -0.1) is 0 Å². The second-order valence-electron chi connectivity index (χ2n) is 7.53. The van der Waals surface area contributed by atoms with Crippen LogP contribution in [0, 0.1) is 0 Å². The van der Waals surface area contributed by atoms with Crippen LogP contribution in [0.25, 0.3) is 10.9 Å². The van der Waals surface area contributed by atoms with E-state index in [1.807, 2.05) is 19.1 Å². The Bertz CT molecular complexity index is 1120. The molecule has 1 amide bonds. The topological polar surface area (TPSA) is 83.7 Å². The first-order valence-corrected chi connectivity index (χ1v) is 10.6. The molecule has 0 atom stereocenters. The van der Waals surface area contributed by atoms with Crippen LogP contribution >= 0.6 is 0 Å². The molecule has 7 heteroatoms. The summed E-state index contributed by atoms with van der Waals surface area (Å²) in [5, 5.41) is 3.30. The molecule has 0 radical (unpaired) electrons. The summed E-state index contributed by atoms with van der Waals surface area (Å²) < 4.78 is 11.0. The molecule has 0 bridgehead atoms. The molecule has 1 aliphatic heterocycles. The maximum absolute atomic E-state index is 12.9.